The molecule has 2 aliphatic rings. The van der Waals surface area contributed by atoms with Gasteiger partial charge < -0.3 is 14.8 Å². The van der Waals surface area contributed by atoms with E-state index < -0.39 is 0 Å². The molecule has 2 unspecified atom stereocenters. The average Bonchev–Trinajstić information content (AvgIpc) is 2.75. The number of aryl methyl sites for hydroxylation is 1. The van der Waals surface area contributed by atoms with Crippen molar-refractivity contribution in [3.8, 4) is 5.75 Å². The lowest BCUT2D eigenvalue weighted by molar-refractivity contribution is 0.0155. The van der Waals surface area contributed by atoms with Crippen LogP contribution in [0.1, 0.15) is 29.2 Å². The van der Waals surface area contributed by atoms with E-state index in [1.807, 2.05) is 0 Å². The van der Waals surface area contributed by atoms with Crippen molar-refractivity contribution in [1.29, 1.82) is 0 Å². The summed E-state index contributed by atoms with van der Waals surface area (Å²) in [6, 6.07) is 18.4. The van der Waals surface area contributed by atoms with E-state index in [-0.39, 0.29) is 0 Å². The molecule has 0 spiro atoms. The van der Waals surface area contributed by atoms with Gasteiger partial charge in [0.2, 0.25) is 0 Å². The molecular weight excluding hydrogens is 336 g/mol. The number of rotatable bonds is 6. The molecule has 1 aliphatic heterocycles. The summed E-state index contributed by atoms with van der Waals surface area (Å²) in [5.41, 5.74) is 4.38. The Kier molecular flexibility index (Phi) is 6.07. The highest BCUT2D eigenvalue weighted by Gasteiger charge is 2.25. The topological polar surface area (TPSA) is 33.7 Å². The van der Waals surface area contributed by atoms with E-state index in [0.29, 0.717) is 12.1 Å². The van der Waals surface area contributed by atoms with Gasteiger partial charge in [-0.1, -0.05) is 36.4 Å². The number of methoxy groups -OCH3 is 1. The van der Waals surface area contributed by atoms with Crippen molar-refractivity contribution in [2.75, 3.05) is 40.0 Å². The summed E-state index contributed by atoms with van der Waals surface area (Å²) < 4.78 is 10.9. The van der Waals surface area contributed by atoms with Gasteiger partial charge in [-0.05, 0) is 48.1 Å². The Hall–Kier alpha value is -1.88. The van der Waals surface area contributed by atoms with Crippen molar-refractivity contribution in [3.05, 3.63) is 65.2 Å². The van der Waals surface area contributed by atoms with Crippen molar-refractivity contribution in [1.82, 2.24) is 10.2 Å². The molecule has 4 rings (SSSR count). The second-order valence-electron chi connectivity index (χ2n) is 7.55. The number of hydrogen-bond acceptors (Lipinski definition) is 4. The SMILES string of the molecule is COc1ccc(C(CNC2CCc3ccccc3C2)N2CCOCC2)cc1. The molecule has 2 aromatic carbocycles. The molecule has 0 amide bonds. The molecule has 0 radical (unpaired) electrons. The maximum Gasteiger partial charge on any atom is 0.118 e. The Bertz CT molecular complexity index is 725. The van der Waals surface area contributed by atoms with E-state index >= 15 is 0 Å². The summed E-state index contributed by atoms with van der Waals surface area (Å²) >= 11 is 0. The Labute approximate surface area is 162 Å². The van der Waals surface area contributed by atoms with Gasteiger partial charge in [0, 0.05) is 31.7 Å². The highest BCUT2D eigenvalue weighted by Crippen LogP contribution is 2.25. The van der Waals surface area contributed by atoms with Crippen LogP contribution in [0.15, 0.2) is 48.5 Å². The van der Waals surface area contributed by atoms with Crippen LogP contribution < -0.4 is 10.1 Å². The third-order valence-corrected chi connectivity index (χ3v) is 5.93. The van der Waals surface area contributed by atoms with E-state index in [4.69, 9.17) is 9.47 Å². The van der Waals surface area contributed by atoms with Crippen LogP contribution >= 0.6 is 0 Å². The second kappa shape index (κ2) is 8.87. The third-order valence-electron chi connectivity index (χ3n) is 5.93. The normalized spacial score (nSPS) is 21.4. The van der Waals surface area contributed by atoms with Crippen LogP contribution in [0.25, 0.3) is 0 Å². The Morgan fingerprint density at radius 3 is 2.56 bits per heavy atom. The van der Waals surface area contributed by atoms with Crippen molar-refractivity contribution in [3.63, 3.8) is 0 Å². The van der Waals surface area contributed by atoms with Crippen LogP contribution in [-0.4, -0.2) is 50.9 Å². The standard InChI is InChI=1S/C23H30N2O2/c1-26-22-10-7-19(8-11-22)23(25-12-14-27-15-13-25)17-24-21-9-6-18-4-2-3-5-20(18)16-21/h2-5,7-8,10-11,21,23-24H,6,9,12-17H2,1H3. The molecule has 144 valence electrons. The smallest absolute Gasteiger partial charge is 0.118 e. The molecular formula is C23H30N2O2. The summed E-state index contributed by atoms with van der Waals surface area (Å²) in [5, 5.41) is 3.87. The molecule has 27 heavy (non-hydrogen) atoms. The van der Waals surface area contributed by atoms with E-state index in [9.17, 15) is 0 Å². The van der Waals surface area contributed by atoms with Gasteiger partial charge in [0.15, 0.2) is 0 Å². The minimum Gasteiger partial charge on any atom is -0.497 e. The molecule has 1 fully saturated rings. The molecule has 2 aromatic rings. The first-order chi connectivity index (χ1) is 13.3. The van der Waals surface area contributed by atoms with Crippen LogP contribution in [-0.2, 0) is 17.6 Å². The van der Waals surface area contributed by atoms with Gasteiger partial charge in [-0.15, -0.1) is 0 Å². The fourth-order valence-electron chi connectivity index (χ4n) is 4.32. The van der Waals surface area contributed by atoms with Crippen LogP contribution in [0.2, 0.25) is 0 Å². The van der Waals surface area contributed by atoms with Crippen LogP contribution in [0, 0.1) is 0 Å². The van der Waals surface area contributed by atoms with Crippen molar-refractivity contribution >= 4 is 0 Å². The van der Waals surface area contributed by atoms with Crippen molar-refractivity contribution in [2.24, 2.45) is 0 Å². The van der Waals surface area contributed by atoms with E-state index in [0.717, 1.165) is 45.0 Å². The minimum absolute atomic E-state index is 0.372. The van der Waals surface area contributed by atoms with Gasteiger partial charge in [-0.3, -0.25) is 4.90 Å². The number of nitrogens with one attached hydrogen (secondary N) is 1. The van der Waals surface area contributed by atoms with Gasteiger partial charge in [0.1, 0.15) is 5.75 Å². The summed E-state index contributed by atoms with van der Waals surface area (Å²) in [5.74, 6) is 0.913. The lowest BCUT2D eigenvalue weighted by Gasteiger charge is -2.36. The minimum atomic E-state index is 0.372. The first-order valence-electron chi connectivity index (χ1n) is 10.1. The first-order valence-corrected chi connectivity index (χ1v) is 10.1. The van der Waals surface area contributed by atoms with E-state index in [1.54, 1.807) is 7.11 Å². The van der Waals surface area contributed by atoms with Gasteiger partial charge >= 0.3 is 0 Å². The molecule has 1 N–H and O–H groups in total. The molecule has 0 saturated carbocycles. The van der Waals surface area contributed by atoms with Gasteiger partial charge in [-0.2, -0.15) is 0 Å². The lowest BCUT2D eigenvalue weighted by atomic mass is 9.88. The monoisotopic (exact) mass is 366 g/mol. The zero-order valence-corrected chi connectivity index (χ0v) is 16.2. The predicted molar refractivity (Wildman–Crippen MR) is 108 cm³/mol. The zero-order chi connectivity index (χ0) is 18.5. The number of benzene rings is 2. The van der Waals surface area contributed by atoms with Crippen LogP contribution in [0.4, 0.5) is 0 Å². The number of morpholine rings is 1. The van der Waals surface area contributed by atoms with Crippen molar-refractivity contribution < 1.29 is 9.47 Å². The number of nitrogens with zero attached hydrogens (tertiary/aromatic N) is 1. The number of fused-ring (bicyclic) bond motifs is 1. The predicted octanol–water partition coefficient (Wildman–Crippen LogP) is 3.22. The van der Waals surface area contributed by atoms with Gasteiger partial charge in [-0.25, -0.2) is 0 Å². The van der Waals surface area contributed by atoms with Gasteiger partial charge in [0.05, 0.1) is 20.3 Å². The zero-order valence-electron chi connectivity index (χ0n) is 16.2. The van der Waals surface area contributed by atoms with Crippen LogP contribution in [0.3, 0.4) is 0 Å². The summed E-state index contributed by atoms with van der Waals surface area (Å²) in [4.78, 5) is 2.55. The average molecular weight is 367 g/mol. The quantitative estimate of drug-likeness (QED) is 0.851. The second-order valence-corrected chi connectivity index (χ2v) is 7.55. The number of hydrogen-bond donors (Lipinski definition) is 1. The van der Waals surface area contributed by atoms with Crippen molar-refractivity contribution in [2.45, 2.75) is 31.3 Å². The molecule has 0 bridgehead atoms. The first kappa shape index (κ1) is 18.5. The lowest BCUT2D eigenvalue weighted by Crippen LogP contribution is -2.45. The fourth-order valence-corrected chi connectivity index (χ4v) is 4.32. The molecule has 0 aromatic heterocycles. The largest absolute Gasteiger partial charge is 0.497 e. The molecule has 4 heteroatoms. The highest BCUT2D eigenvalue weighted by molar-refractivity contribution is 5.31. The third kappa shape index (κ3) is 4.52. The highest BCUT2D eigenvalue weighted by atomic mass is 16.5. The van der Waals surface area contributed by atoms with E-state index in [2.05, 4.69) is 58.7 Å². The van der Waals surface area contributed by atoms with Gasteiger partial charge in [0.25, 0.3) is 0 Å². The molecule has 2 atom stereocenters. The molecule has 1 aliphatic carbocycles. The molecule has 1 saturated heterocycles. The van der Waals surface area contributed by atoms with E-state index in [1.165, 1.54) is 29.5 Å². The summed E-state index contributed by atoms with van der Waals surface area (Å²) in [6.07, 6.45) is 3.53. The Morgan fingerprint density at radius 2 is 1.81 bits per heavy atom. The maximum atomic E-state index is 5.57. The maximum absolute atomic E-state index is 5.57. The molecule has 1 heterocycles. The number of ether oxygens (including phenoxy) is 2. The summed E-state index contributed by atoms with van der Waals surface area (Å²) in [6.45, 7) is 4.60. The van der Waals surface area contributed by atoms with Crippen LogP contribution in [0.5, 0.6) is 5.75 Å². The summed E-state index contributed by atoms with van der Waals surface area (Å²) in [7, 11) is 1.72. The fraction of sp³-hybridized carbons (Fsp3) is 0.478. The Morgan fingerprint density at radius 1 is 1.07 bits per heavy atom. The Balaban J connectivity index is 1.44. The molecule has 4 nitrogen and oxygen atoms in total.